The van der Waals surface area contributed by atoms with Crippen LogP contribution in [0.3, 0.4) is 0 Å². The second-order valence-electron chi connectivity index (χ2n) is 7.28. The molecule has 1 aliphatic heterocycles. The summed E-state index contributed by atoms with van der Waals surface area (Å²) < 4.78 is 10.8. The van der Waals surface area contributed by atoms with E-state index < -0.39 is 0 Å². The van der Waals surface area contributed by atoms with Gasteiger partial charge in [0.2, 0.25) is 5.91 Å². The molecule has 1 heterocycles. The van der Waals surface area contributed by atoms with Crippen LogP contribution in [0.1, 0.15) is 25.5 Å². The molecule has 1 amide bonds. The smallest absolute Gasteiger partial charge is 0.219 e. The number of nitrogens with zero attached hydrogens (tertiary/aromatic N) is 4. The number of amides is 1. The zero-order valence-electron chi connectivity index (χ0n) is 19.0. The molecule has 0 aromatic heterocycles. The molecule has 1 aromatic carbocycles. The summed E-state index contributed by atoms with van der Waals surface area (Å²) in [6, 6.07) is 6.10. The van der Waals surface area contributed by atoms with Crippen LogP contribution in [-0.2, 0) is 4.79 Å². The molecule has 9 heteroatoms. The quantitative estimate of drug-likeness (QED) is 0.329. The predicted octanol–water partition coefficient (Wildman–Crippen LogP) is 2.05. The molecule has 1 saturated heterocycles. The summed E-state index contributed by atoms with van der Waals surface area (Å²) in [5.74, 6) is 2.46. The number of nitrogens with one attached hydrogen (secondary N) is 1. The number of ether oxygens (including phenoxy) is 2. The minimum atomic E-state index is 0. The van der Waals surface area contributed by atoms with Crippen molar-refractivity contribution in [2.24, 2.45) is 4.99 Å². The number of carbonyl (C=O) groups excluding carboxylic acids is 1. The Morgan fingerprint density at radius 1 is 1.13 bits per heavy atom. The van der Waals surface area contributed by atoms with Crippen molar-refractivity contribution in [3.63, 3.8) is 0 Å². The van der Waals surface area contributed by atoms with Crippen molar-refractivity contribution >= 4 is 35.8 Å². The van der Waals surface area contributed by atoms with E-state index in [0.717, 1.165) is 44.2 Å². The summed E-state index contributed by atoms with van der Waals surface area (Å²) in [7, 11) is 7.39. The maximum absolute atomic E-state index is 11.6. The summed E-state index contributed by atoms with van der Waals surface area (Å²) in [5.41, 5.74) is 1.12. The number of methoxy groups -OCH3 is 2. The second kappa shape index (κ2) is 12.8. The molecule has 1 aliphatic rings. The number of hydrogen-bond acceptors (Lipinski definition) is 5. The van der Waals surface area contributed by atoms with Crippen molar-refractivity contribution in [1.82, 2.24) is 20.0 Å². The minimum Gasteiger partial charge on any atom is -0.493 e. The molecule has 0 aliphatic carbocycles. The summed E-state index contributed by atoms with van der Waals surface area (Å²) in [5, 5.41) is 3.39. The molecule has 8 nitrogen and oxygen atoms in total. The average Bonchev–Trinajstić information content (AvgIpc) is 2.72. The fraction of sp³-hybridized carbons (Fsp3) is 0.619. The van der Waals surface area contributed by atoms with Crippen LogP contribution in [0.5, 0.6) is 11.5 Å². The van der Waals surface area contributed by atoms with Gasteiger partial charge in [-0.2, -0.15) is 0 Å². The minimum absolute atomic E-state index is 0. The van der Waals surface area contributed by atoms with Crippen LogP contribution < -0.4 is 14.8 Å². The molecule has 1 fully saturated rings. The van der Waals surface area contributed by atoms with E-state index in [1.165, 1.54) is 0 Å². The van der Waals surface area contributed by atoms with Gasteiger partial charge in [-0.1, -0.05) is 6.07 Å². The third-order valence-electron chi connectivity index (χ3n) is 5.19. The molecule has 1 atom stereocenters. The van der Waals surface area contributed by atoms with Gasteiger partial charge in [0.1, 0.15) is 0 Å². The van der Waals surface area contributed by atoms with Crippen LogP contribution >= 0.6 is 24.0 Å². The lowest BCUT2D eigenvalue weighted by molar-refractivity contribution is -0.130. The standard InChI is InChI=1S/C21H35N5O3.HI/c1-7-22-21(26-12-10-25(11-13-26)16(2)27)23-15-18(24(3)4)17-8-9-19(28-5)20(14-17)29-6;/h8-9,14,18H,7,10-13,15H2,1-6H3,(H,22,23);1H. The Bertz CT molecular complexity index is 706. The van der Waals surface area contributed by atoms with Gasteiger partial charge < -0.3 is 29.5 Å². The number of piperazine rings is 1. The SMILES string of the molecule is CCNC(=NCC(c1ccc(OC)c(OC)c1)N(C)C)N1CCN(C(C)=O)CC1.I. The summed E-state index contributed by atoms with van der Waals surface area (Å²) in [6.07, 6.45) is 0. The van der Waals surface area contributed by atoms with E-state index in [2.05, 4.69) is 42.2 Å². The van der Waals surface area contributed by atoms with Crippen molar-refractivity contribution in [1.29, 1.82) is 0 Å². The van der Waals surface area contributed by atoms with E-state index in [9.17, 15) is 4.79 Å². The van der Waals surface area contributed by atoms with Crippen LogP contribution in [0.15, 0.2) is 23.2 Å². The van der Waals surface area contributed by atoms with Crippen LogP contribution in [0.25, 0.3) is 0 Å². The van der Waals surface area contributed by atoms with E-state index in [0.29, 0.717) is 18.0 Å². The second-order valence-corrected chi connectivity index (χ2v) is 7.28. The third-order valence-corrected chi connectivity index (χ3v) is 5.19. The Morgan fingerprint density at radius 3 is 2.23 bits per heavy atom. The molecular formula is C21H36IN5O3. The van der Waals surface area contributed by atoms with Crippen LogP contribution in [0.2, 0.25) is 0 Å². The Hall–Kier alpha value is -1.75. The fourth-order valence-corrected chi connectivity index (χ4v) is 3.46. The zero-order chi connectivity index (χ0) is 21.4. The molecule has 30 heavy (non-hydrogen) atoms. The first-order valence-electron chi connectivity index (χ1n) is 10.1. The first-order chi connectivity index (χ1) is 13.9. The predicted molar refractivity (Wildman–Crippen MR) is 131 cm³/mol. The Labute approximate surface area is 197 Å². The van der Waals surface area contributed by atoms with Crippen LogP contribution in [-0.4, -0.2) is 94.1 Å². The van der Waals surface area contributed by atoms with Crippen LogP contribution in [0.4, 0.5) is 0 Å². The molecule has 1 unspecified atom stereocenters. The van der Waals surface area contributed by atoms with E-state index in [1.807, 2.05) is 17.0 Å². The summed E-state index contributed by atoms with van der Waals surface area (Å²) >= 11 is 0. The van der Waals surface area contributed by atoms with Crippen LogP contribution in [0, 0.1) is 0 Å². The van der Waals surface area contributed by atoms with E-state index >= 15 is 0 Å². The van der Waals surface area contributed by atoms with Gasteiger partial charge in [0.15, 0.2) is 17.5 Å². The van der Waals surface area contributed by atoms with Crippen molar-refractivity contribution in [3.05, 3.63) is 23.8 Å². The zero-order valence-corrected chi connectivity index (χ0v) is 21.3. The van der Waals surface area contributed by atoms with E-state index in [1.54, 1.807) is 21.1 Å². The molecule has 2 rings (SSSR count). The number of carbonyl (C=O) groups is 1. The number of hydrogen-bond donors (Lipinski definition) is 1. The lowest BCUT2D eigenvalue weighted by atomic mass is 10.1. The van der Waals surface area contributed by atoms with Gasteiger partial charge in [-0.05, 0) is 38.7 Å². The molecule has 1 N–H and O–H groups in total. The first kappa shape index (κ1) is 26.3. The van der Waals surface area contributed by atoms with Gasteiger partial charge in [0, 0.05) is 39.6 Å². The highest BCUT2D eigenvalue weighted by molar-refractivity contribution is 14.0. The fourth-order valence-electron chi connectivity index (χ4n) is 3.46. The summed E-state index contributed by atoms with van der Waals surface area (Å²) in [6.45, 7) is 8.13. The first-order valence-corrected chi connectivity index (χ1v) is 10.1. The highest BCUT2D eigenvalue weighted by atomic mass is 127. The van der Waals surface area contributed by atoms with Gasteiger partial charge in [-0.3, -0.25) is 9.79 Å². The highest BCUT2D eigenvalue weighted by Crippen LogP contribution is 2.31. The molecule has 0 saturated carbocycles. The van der Waals surface area contributed by atoms with Crippen molar-refractivity contribution in [2.75, 3.05) is 67.6 Å². The molecule has 0 bridgehead atoms. The normalized spacial score (nSPS) is 15.5. The lowest BCUT2D eigenvalue weighted by Crippen LogP contribution is -2.53. The van der Waals surface area contributed by atoms with Gasteiger partial charge in [0.05, 0.1) is 26.8 Å². The third kappa shape index (κ3) is 6.90. The van der Waals surface area contributed by atoms with Gasteiger partial charge in [-0.15, -0.1) is 24.0 Å². The summed E-state index contributed by atoms with van der Waals surface area (Å²) in [4.78, 5) is 22.8. The molecule has 0 spiro atoms. The van der Waals surface area contributed by atoms with Gasteiger partial charge in [-0.25, -0.2) is 0 Å². The number of rotatable bonds is 7. The average molecular weight is 533 g/mol. The Morgan fingerprint density at radius 2 is 1.73 bits per heavy atom. The highest BCUT2D eigenvalue weighted by Gasteiger charge is 2.22. The maximum atomic E-state index is 11.6. The largest absolute Gasteiger partial charge is 0.493 e. The number of benzene rings is 1. The monoisotopic (exact) mass is 533 g/mol. The van der Waals surface area contributed by atoms with Crippen molar-refractivity contribution in [2.45, 2.75) is 19.9 Å². The van der Waals surface area contributed by atoms with E-state index in [-0.39, 0.29) is 35.9 Å². The Balaban J connectivity index is 0.00000450. The lowest BCUT2D eigenvalue weighted by Gasteiger charge is -2.36. The number of aliphatic imine (C=N–C) groups is 1. The number of guanidine groups is 1. The maximum Gasteiger partial charge on any atom is 0.219 e. The molecule has 170 valence electrons. The number of likely N-dealkylation sites (N-methyl/N-ethyl adjacent to an activating group) is 1. The molecular weight excluding hydrogens is 497 g/mol. The van der Waals surface area contributed by atoms with Gasteiger partial charge >= 0.3 is 0 Å². The van der Waals surface area contributed by atoms with E-state index in [4.69, 9.17) is 14.5 Å². The Kier molecular flexibility index (Phi) is 11.2. The molecule has 1 aromatic rings. The topological polar surface area (TPSA) is 69.6 Å². The van der Waals surface area contributed by atoms with Crippen molar-refractivity contribution in [3.8, 4) is 11.5 Å². The van der Waals surface area contributed by atoms with Gasteiger partial charge in [0.25, 0.3) is 0 Å². The number of halogens is 1. The van der Waals surface area contributed by atoms with Crippen molar-refractivity contribution < 1.29 is 14.3 Å². The molecule has 0 radical (unpaired) electrons.